The molecular formula is C33H33N3O7S. The summed E-state index contributed by atoms with van der Waals surface area (Å²) in [6.45, 7) is 5.09. The molecule has 5 rings (SSSR count). The molecule has 228 valence electrons. The number of alkyl carbamates (subject to hydrolysis) is 1. The molecule has 3 N–H and O–H groups in total. The van der Waals surface area contributed by atoms with E-state index >= 15 is 0 Å². The third-order valence-corrected chi connectivity index (χ3v) is 8.12. The number of carbonyl (C=O) groups excluding carboxylic acids is 4. The molecule has 3 atom stereocenters. The van der Waals surface area contributed by atoms with Crippen molar-refractivity contribution in [3.05, 3.63) is 113 Å². The van der Waals surface area contributed by atoms with Crippen LogP contribution < -0.4 is 10.6 Å². The molecule has 2 aliphatic heterocycles. The van der Waals surface area contributed by atoms with Gasteiger partial charge in [-0.2, -0.15) is 0 Å². The van der Waals surface area contributed by atoms with Crippen LogP contribution in [0.2, 0.25) is 0 Å². The quantitative estimate of drug-likeness (QED) is 0.248. The Morgan fingerprint density at radius 3 is 2.07 bits per heavy atom. The van der Waals surface area contributed by atoms with E-state index in [-0.39, 0.29) is 11.4 Å². The van der Waals surface area contributed by atoms with Crippen molar-refractivity contribution in [2.24, 2.45) is 0 Å². The van der Waals surface area contributed by atoms with Gasteiger partial charge in [-0.3, -0.25) is 14.5 Å². The van der Waals surface area contributed by atoms with Gasteiger partial charge in [0.15, 0.2) is 6.10 Å². The number of carbonyl (C=O) groups is 4. The van der Waals surface area contributed by atoms with Gasteiger partial charge in [0.05, 0.1) is 0 Å². The highest BCUT2D eigenvalue weighted by Gasteiger charge is 2.53. The summed E-state index contributed by atoms with van der Waals surface area (Å²) in [6, 6.07) is 22.3. The summed E-state index contributed by atoms with van der Waals surface area (Å²) in [6.07, 6.45) is 0.143. The number of aromatic hydroxyl groups is 1. The number of nitrogens with zero attached hydrogens (tertiary/aromatic N) is 1. The summed E-state index contributed by atoms with van der Waals surface area (Å²) < 4.78 is 11.3. The Morgan fingerprint density at radius 2 is 1.50 bits per heavy atom. The lowest BCUT2D eigenvalue weighted by Crippen LogP contribution is -2.70. The van der Waals surface area contributed by atoms with Gasteiger partial charge in [-0.25, -0.2) is 9.59 Å². The zero-order chi connectivity index (χ0) is 31.4. The molecule has 2 heterocycles. The summed E-state index contributed by atoms with van der Waals surface area (Å²) in [4.78, 5) is 54.3. The predicted octanol–water partition coefficient (Wildman–Crippen LogP) is 4.57. The van der Waals surface area contributed by atoms with E-state index in [2.05, 4.69) is 10.6 Å². The summed E-state index contributed by atoms with van der Waals surface area (Å²) in [5, 5.41) is 14.5. The average Bonchev–Trinajstić information content (AvgIpc) is 3.01. The van der Waals surface area contributed by atoms with Crippen molar-refractivity contribution in [1.82, 2.24) is 15.5 Å². The molecule has 3 aromatic carbocycles. The second kappa shape index (κ2) is 12.8. The number of hydrogen-bond donors (Lipinski definition) is 3. The van der Waals surface area contributed by atoms with Gasteiger partial charge in [-0.15, -0.1) is 11.8 Å². The first kappa shape index (κ1) is 30.7. The minimum atomic E-state index is -1.21. The molecule has 2 unspecified atom stereocenters. The van der Waals surface area contributed by atoms with Crippen LogP contribution in [-0.4, -0.2) is 56.7 Å². The van der Waals surface area contributed by atoms with E-state index < -0.39 is 53.0 Å². The van der Waals surface area contributed by atoms with Crippen molar-refractivity contribution >= 4 is 35.6 Å². The number of esters is 1. The van der Waals surface area contributed by atoms with Crippen LogP contribution in [0.25, 0.3) is 0 Å². The molecule has 1 saturated heterocycles. The van der Waals surface area contributed by atoms with Crippen LogP contribution >= 0.6 is 11.8 Å². The second-order valence-electron chi connectivity index (χ2n) is 11.3. The van der Waals surface area contributed by atoms with Crippen molar-refractivity contribution in [3.63, 3.8) is 0 Å². The summed E-state index contributed by atoms with van der Waals surface area (Å²) >= 11 is 1.39. The van der Waals surface area contributed by atoms with Gasteiger partial charge in [-0.05, 0) is 55.7 Å². The van der Waals surface area contributed by atoms with Gasteiger partial charge in [0, 0.05) is 5.75 Å². The highest BCUT2D eigenvalue weighted by Crippen LogP contribution is 2.39. The third-order valence-electron chi connectivity index (χ3n) is 6.93. The lowest BCUT2D eigenvalue weighted by Gasteiger charge is -2.48. The topological polar surface area (TPSA) is 134 Å². The van der Waals surface area contributed by atoms with E-state index in [1.807, 2.05) is 60.7 Å². The lowest BCUT2D eigenvalue weighted by molar-refractivity contribution is -0.154. The molecule has 1 fully saturated rings. The first-order valence-electron chi connectivity index (χ1n) is 14.1. The van der Waals surface area contributed by atoms with E-state index in [0.717, 1.165) is 11.1 Å². The standard InChI is InChI=1S/C33H33N3O7S/c1-33(2,3)43-32(41)35-25(20-14-16-23(37)17-15-20)28(38)34-26-29(39)36-24(18-19-44-30(26)36)31(40)42-27(21-10-6-4-7-11-21)22-12-8-5-9-13-22/h4-18,25-27,30,37H,19H2,1-3H3,(H,34,38)(H,35,41)/t25?,26?,30-/m0/s1. The molecule has 0 spiro atoms. The Hall–Kier alpha value is -4.77. The maximum atomic E-state index is 13.5. The number of phenolic OH excluding ortho intramolecular Hbond substituents is 1. The number of fused-ring (bicyclic) bond motifs is 1. The Labute approximate surface area is 259 Å². The number of amides is 3. The predicted molar refractivity (Wildman–Crippen MR) is 164 cm³/mol. The normalized spacial score (nSPS) is 18.3. The fraction of sp³-hybridized carbons (Fsp3) is 0.273. The van der Waals surface area contributed by atoms with Crippen molar-refractivity contribution in [2.75, 3.05) is 5.75 Å². The fourth-order valence-corrected chi connectivity index (χ4v) is 6.10. The molecule has 2 aliphatic rings. The van der Waals surface area contributed by atoms with E-state index in [1.54, 1.807) is 26.8 Å². The molecule has 0 saturated carbocycles. The number of nitrogens with one attached hydrogen (secondary N) is 2. The Balaban J connectivity index is 1.30. The summed E-state index contributed by atoms with van der Waals surface area (Å²) in [5.74, 6) is -1.37. The average molecular weight is 616 g/mol. The number of ether oxygens (including phenoxy) is 2. The Bertz CT molecular complexity index is 1520. The second-order valence-corrected chi connectivity index (χ2v) is 12.4. The minimum Gasteiger partial charge on any atom is -0.508 e. The number of benzene rings is 3. The highest BCUT2D eigenvalue weighted by molar-refractivity contribution is 8.00. The van der Waals surface area contributed by atoms with Gasteiger partial charge in [0.1, 0.15) is 34.5 Å². The van der Waals surface area contributed by atoms with Crippen LogP contribution in [0.4, 0.5) is 4.79 Å². The fourth-order valence-electron chi connectivity index (χ4n) is 4.91. The molecule has 10 nitrogen and oxygen atoms in total. The van der Waals surface area contributed by atoms with Crippen molar-refractivity contribution in [3.8, 4) is 5.75 Å². The molecule has 3 aromatic rings. The van der Waals surface area contributed by atoms with Crippen LogP contribution in [0.15, 0.2) is 96.7 Å². The molecule has 0 aromatic heterocycles. The highest BCUT2D eigenvalue weighted by atomic mass is 32.2. The first-order valence-corrected chi connectivity index (χ1v) is 15.1. The van der Waals surface area contributed by atoms with E-state index in [4.69, 9.17) is 9.47 Å². The molecule has 0 aliphatic carbocycles. The molecule has 0 radical (unpaired) electrons. The van der Waals surface area contributed by atoms with Crippen LogP contribution in [0.1, 0.15) is 49.6 Å². The van der Waals surface area contributed by atoms with Gasteiger partial charge >= 0.3 is 12.1 Å². The van der Waals surface area contributed by atoms with Crippen LogP contribution in [0, 0.1) is 0 Å². The molecule has 44 heavy (non-hydrogen) atoms. The monoisotopic (exact) mass is 615 g/mol. The Morgan fingerprint density at radius 1 is 0.909 bits per heavy atom. The molecule has 11 heteroatoms. The van der Waals surface area contributed by atoms with E-state index in [0.29, 0.717) is 11.3 Å². The molecule has 0 bridgehead atoms. The third kappa shape index (κ3) is 6.89. The van der Waals surface area contributed by atoms with Crippen molar-refractivity contribution < 1.29 is 33.8 Å². The SMILES string of the molecule is CC(C)(C)OC(=O)NC(C(=O)NC1C(=O)N2C(C(=O)OC(c3ccccc3)c3ccccc3)=CCS[C@@H]12)c1ccc(O)cc1. The van der Waals surface area contributed by atoms with Gasteiger partial charge < -0.3 is 25.2 Å². The Kier molecular flexibility index (Phi) is 8.96. The lowest BCUT2D eigenvalue weighted by atomic mass is 10.0. The zero-order valence-corrected chi connectivity index (χ0v) is 25.2. The van der Waals surface area contributed by atoms with Gasteiger partial charge in [0.2, 0.25) is 5.91 Å². The number of thioether (sulfide) groups is 1. The number of phenols is 1. The number of hydrogen-bond acceptors (Lipinski definition) is 8. The molecular weight excluding hydrogens is 582 g/mol. The van der Waals surface area contributed by atoms with E-state index in [1.165, 1.54) is 40.9 Å². The van der Waals surface area contributed by atoms with Crippen molar-refractivity contribution in [1.29, 1.82) is 0 Å². The number of rotatable bonds is 8. The van der Waals surface area contributed by atoms with Gasteiger partial charge in [0.25, 0.3) is 5.91 Å². The maximum absolute atomic E-state index is 13.5. The van der Waals surface area contributed by atoms with Gasteiger partial charge in [-0.1, -0.05) is 72.8 Å². The first-order chi connectivity index (χ1) is 21.0. The summed E-state index contributed by atoms with van der Waals surface area (Å²) in [5.41, 5.74) is 1.26. The smallest absolute Gasteiger partial charge is 0.408 e. The van der Waals surface area contributed by atoms with Crippen molar-refractivity contribution in [2.45, 2.75) is 49.9 Å². The van der Waals surface area contributed by atoms with Crippen LogP contribution in [0.3, 0.4) is 0 Å². The minimum absolute atomic E-state index is 0.0124. The van der Waals surface area contributed by atoms with Crippen LogP contribution in [0.5, 0.6) is 5.75 Å². The largest absolute Gasteiger partial charge is 0.508 e. The van der Waals surface area contributed by atoms with E-state index in [9.17, 15) is 24.3 Å². The van der Waals surface area contributed by atoms with Crippen LogP contribution in [-0.2, 0) is 23.9 Å². The summed E-state index contributed by atoms with van der Waals surface area (Å²) in [7, 11) is 0. The maximum Gasteiger partial charge on any atom is 0.408 e. The molecule has 3 amide bonds. The zero-order valence-electron chi connectivity index (χ0n) is 24.4. The number of β-lactam (4-membered cyclic amide) rings is 1.